The molecule has 0 bridgehead atoms. The lowest BCUT2D eigenvalue weighted by molar-refractivity contribution is 0.366. The predicted molar refractivity (Wildman–Crippen MR) is 59.8 cm³/mol. The smallest absolute Gasteiger partial charge is 0.152 e. The van der Waals surface area contributed by atoms with Crippen LogP contribution in [0, 0.1) is 5.92 Å². The van der Waals surface area contributed by atoms with E-state index in [-0.39, 0.29) is 0 Å². The van der Waals surface area contributed by atoms with Crippen LogP contribution in [0.3, 0.4) is 0 Å². The fourth-order valence-corrected chi connectivity index (χ4v) is 1.95. The topological polar surface area (TPSA) is 34.0 Å². The predicted octanol–water partition coefficient (Wildman–Crippen LogP) is 0.964. The minimum absolute atomic E-state index is 0.751. The van der Waals surface area contributed by atoms with Crippen molar-refractivity contribution in [1.82, 2.24) is 19.7 Å². The van der Waals surface area contributed by atoms with Crippen molar-refractivity contribution < 1.29 is 0 Å². The molecule has 1 aromatic rings. The van der Waals surface area contributed by atoms with Gasteiger partial charge in [-0.15, -0.1) is 0 Å². The monoisotopic (exact) mass is 208 g/mol. The number of fused-ring (bicyclic) bond motifs is 1. The molecule has 1 atom stereocenters. The maximum atomic E-state index is 4.58. The van der Waals surface area contributed by atoms with Crippen LogP contribution in [0.25, 0.3) is 0 Å². The molecule has 2 heterocycles. The van der Waals surface area contributed by atoms with Crippen molar-refractivity contribution in [1.29, 1.82) is 0 Å². The van der Waals surface area contributed by atoms with Gasteiger partial charge in [-0.1, -0.05) is 6.92 Å². The van der Waals surface area contributed by atoms with Gasteiger partial charge in [0.15, 0.2) is 5.82 Å². The van der Waals surface area contributed by atoms with E-state index in [4.69, 9.17) is 0 Å². The standard InChI is InChI=1S/C11H20N4/c1-9-4-5-11-12-10(6-7-14(2)3)13-15(11)8-9/h9H,4-8H2,1-3H3. The highest BCUT2D eigenvalue weighted by Crippen LogP contribution is 2.17. The van der Waals surface area contributed by atoms with Gasteiger partial charge in [0.05, 0.1) is 0 Å². The van der Waals surface area contributed by atoms with Crippen molar-refractivity contribution in [2.24, 2.45) is 5.92 Å². The highest BCUT2D eigenvalue weighted by atomic mass is 15.4. The molecule has 0 fully saturated rings. The Balaban J connectivity index is 2.03. The first-order chi connectivity index (χ1) is 7.15. The van der Waals surface area contributed by atoms with Gasteiger partial charge >= 0.3 is 0 Å². The van der Waals surface area contributed by atoms with Gasteiger partial charge in [-0.2, -0.15) is 5.10 Å². The van der Waals surface area contributed by atoms with E-state index in [0.717, 1.165) is 37.7 Å². The summed E-state index contributed by atoms with van der Waals surface area (Å²) in [6.45, 7) is 4.35. The van der Waals surface area contributed by atoms with Gasteiger partial charge in [0.25, 0.3) is 0 Å². The summed E-state index contributed by atoms with van der Waals surface area (Å²) in [5.74, 6) is 2.94. The molecule has 1 aliphatic rings. The molecule has 4 nitrogen and oxygen atoms in total. The fourth-order valence-electron chi connectivity index (χ4n) is 1.95. The summed E-state index contributed by atoms with van der Waals surface area (Å²) in [6, 6.07) is 0. The molecule has 0 radical (unpaired) electrons. The summed E-state index contributed by atoms with van der Waals surface area (Å²) in [6.07, 6.45) is 3.31. The second-order valence-electron chi connectivity index (χ2n) is 4.82. The Labute approximate surface area is 91.3 Å². The molecule has 4 heteroatoms. The summed E-state index contributed by atoms with van der Waals surface area (Å²) in [7, 11) is 4.16. The van der Waals surface area contributed by atoms with Crippen molar-refractivity contribution in [3.63, 3.8) is 0 Å². The molecule has 1 aliphatic heterocycles. The van der Waals surface area contributed by atoms with Crippen LogP contribution in [0.1, 0.15) is 25.0 Å². The highest BCUT2D eigenvalue weighted by molar-refractivity contribution is 4.97. The van der Waals surface area contributed by atoms with Gasteiger partial charge in [0.2, 0.25) is 0 Å². The van der Waals surface area contributed by atoms with Crippen LogP contribution in [0.2, 0.25) is 0 Å². The molecule has 0 N–H and O–H groups in total. The van der Waals surface area contributed by atoms with Crippen molar-refractivity contribution in [3.8, 4) is 0 Å². The number of hydrogen-bond acceptors (Lipinski definition) is 3. The molecule has 0 amide bonds. The fraction of sp³-hybridized carbons (Fsp3) is 0.818. The number of rotatable bonds is 3. The average molecular weight is 208 g/mol. The van der Waals surface area contributed by atoms with Crippen LogP contribution >= 0.6 is 0 Å². The van der Waals surface area contributed by atoms with Gasteiger partial charge in [-0.3, -0.25) is 0 Å². The third-order valence-corrected chi connectivity index (χ3v) is 2.92. The third-order valence-electron chi connectivity index (χ3n) is 2.92. The van der Waals surface area contributed by atoms with E-state index < -0.39 is 0 Å². The molecular weight excluding hydrogens is 188 g/mol. The average Bonchev–Trinajstić information content (AvgIpc) is 2.56. The largest absolute Gasteiger partial charge is 0.309 e. The van der Waals surface area contributed by atoms with E-state index in [9.17, 15) is 0 Å². The number of aromatic nitrogens is 3. The lowest BCUT2D eigenvalue weighted by Crippen LogP contribution is -2.19. The van der Waals surface area contributed by atoms with Gasteiger partial charge < -0.3 is 4.90 Å². The molecule has 15 heavy (non-hydrogen) atoms. The summed E-state index contributed by atoms with van der Waals surface area (Å²) >= 11 is 0. The Morgan fingerprint density at radius 2 is 2.27 bits per heavy atom. The SMILES string of the molecule is CC1CCc2nc(CCN(C)C)nn2C1. The maximum absolute atomic E-state index is 4.58. The highest BCUT2D eigenvalue weighted by Gasteiger charge is 2.18. The van der Waals surface area contributed by atoms with Crippen LogP contribution in [-0.4, -0.2) is 40.3 Å². The van der Waals surface area contributed by atoms with Crippen LogP contribution in [0.4, 0.5) is 0 Å². The molecule has 0 aliphatic carbocycles. The minimum Gasteiger partial charge on any atom is -0.309 e. The maximum Gasteiger partial charge on any atom is 0.152 e. The van der Waals surface area contributed by atoms with Crippen LogP contribution < -0.4 is 0 Å². The lowest BCUT2D eigenvalue weighted by Gasteiger charge is -2.17. The van der Waals surface area contributed by atoms with Gasteiger partial charge in [0.1, 0.15) is 5.82 Å². The molecular formula is C11H20N4. The molecule has 0 saturated carbocycles. The van der Waals surface area contributed by atoms with Gasteiger partial charge in [-0.25, -0.2) is 9.67 Å². The zero-order valence-electron chi connectivity index (χ0n) is 9.90. The van der Waals surface area contributed by atoms with Gasteiger partial charge in [-0.05, 0) is 26.4 Å². The summed E-state index contributed by atoms with van der Waals surface area (Å²) in [5.41, 5.74) is 0. The second-order valence-corrected chi connectivity index (χ2v) is 4.82. The van der Waals surface area contributed by atoms with Crippen molar-refractivity contribution in [2.45, 2.75) is 32.7 Å². The van der Waals surface area contributed by atoms with E-state index in [2.05, 4.69) is 40.7 Å². The van der Waals surface area contributed by atoms with E-state index in [1.165, 1.54) is 12.2 Å². The summed E-state index contributed by atoms with van der Waals surface area (Å²) < 4.78 is 2.10. The minimum atomic E-state index is 0.751. The van der Waals surface area contributed by atoms with Gasteiger partial charge in [0, 0.05) is 25.9 Å². The van der Waals surface area contributed by atoms with E-state index in [1.807, 2.05) is 0 Å². The Kier molecular flexibility index (Phi) is 3.05. The second kappa shape index (κ2) is 4.31. The number of aryl methyl sites for hydroxylation is 1. The normalized spacial score (nSPS) is 20.7. The number of nitrogens with zero attached hydrogens (tertiary/aromatic N) is 4. The molecule has 0 saturated heterocycles. The van der Waals surface area contributed by atoms with Crippen LogP contribution in [0.15, 0.2) is 0 Å². The molecule has 2 rings (SSSR count). The Morgan fingerprint density at radius 1 is 1.47 bits per heavy atom. The zero-order chi connectivity index (χ0) is 10.8. The van der Waals surface area contributed by atoms with Crippen LogP contribution in [0.5, 0.6) is 0 Å². The zero-order valence-corrected chi connectivity index (χ0v) is 9.90. The first-order valence-corrected chi connectivity index (χ1v) is 5.72. The van der Waals surface area contributed by atoms with Crippen molar-refractivity contribution in [3.05, 3.63) is 11.6 Å². The Morgan fingerprint density at radius 3 is 3.00 bits per heavy atom. The van der Waals surface area contributed by atoms with Crippen LogP contribution in [-0.2, 0) is 19.4 Å². The lowest BCUT2D eigenvalue weighted by atomic mass is 10.0. The molecule has 84 valence electrons. The molecule has 1 aromatic heterocycles. The first-order valence-electron chi connectivity index (χ1n) is 5.72. The Hall–Kier alpha value is -0.900. The third kappa shape index (κ3) is 2.56. The summed E-state index contributed by atoms with van der Waals surface area (Å²) in [4.78, 5) is 6.75. The van der Waals surface area contributed by atoms with E-state index in [0.29, 0.717) is 0 Å². The first kappa shape index (κ1) is 10.6. The summed E-state index contributed by atoms with van der Waals surface area (Å²) in [5, 5.41) is 4.55. The molecule has 1 unspecified atom stereocenters. The van der Waals surface area contributed by atoms with E-state index in [1.54, 1.807) is 0 Å². The van der Waals surface area contributed by atoms with Crippen molar-refractivity contribution >= 4 is 0 Å². The number of hydrogen-bond donors (Lipinski definition) is 0. The quantitative estimate of drug-likeness (QED) is 0.742. The number of likely N-dealkylation sites (N-methyl/N-ethyl adjacent to an activating group) is 1. The Bertz CT molecular complexity index is 329. The molecule has 0 spiro atoms. The van der Waals surface area contributed by atoms with E-state index >= 15 is 0 Å². The molecule has 0 aromatic carbocycles. The van der Waals surface area contributed by atoms with Crippen molar-refractivity contribution in [2.75, 3.05) is 20.6 Å².